The number of nitrogens with zero attached hydrogens (tertiary/aromatic N) is 3. The van der Waals surface area contributed by atoms with Crippen LogP contribution in [0.15, 0.2) is 12.4 Å². The van der Waals surface area contributed by atoms with Crippen LogP contribution in [0.2, 0.25) is 0 Å². The van der Waals surface area contributed by atoms with Crippen LogP contribution in [0, 0.1) is 5.41 Å². The zero-order valence-electron chi connectivity index (χ0n) is 12.8. The predicted octanol–water partition coefficient (Wildman–Crippen LogP) is 2.70. The Labute approximate surface area is 126 Å². The first-order valence-corrected chi connectivity index (χ1v) is 8.02. The first kappa shape index (κ1) is 14.3. The summed E-state index contributed by atoms with van der Waals surface area (Å²) in [6.07, 6.45) is 12.3. The van der Waals surface area contributed by atoms with E-state index >= 15 is 0 Å². The summed E-state index contributed by atoms with van der Waals surface area (Å²) in [5, 5.41) is 2.91. The number of nitrogens with one attached hydrogen (secondary N) is 1. The number of rotatable bonds is 2. The highest BCUT2D eigenvalue weighted by atomic mass is 16.2. The van der Waals surface area contributed by atoms with Gasteiger partial charge in [-0.3, -0.25) is 4.79 Å². The SMILES string of the molecule is CNc1cnc(C(=O)N2CCC3(CCCCC3)CC2)cn1. The highest BCUT2D eigenvalue weighted by Gasteiger charge is 2.36. The van der Waals surface area contributed by atoms with Gasteiger partial charge in [-0.05, 0) is 31.1 Å². The summed E-state index contributed by atoms with van der Waals surface area (Å²) in [6, 6.07) is 0. The van der Waals surface area contributed by atoms with Gasteiger partial charge in [-0.1, -0.05) is 19.3 Å². The molecule has 21 heavy (non-hydrogen) atoms. The zero-order chi connectivity index (χ0) is 14.7. The van der Waals surface area contributed by atoms with E-state index in [1.165, 1.54) is 32.1 Å². The first-order valence-electron chi connectivity index (χ1n) is 8.02. The lowest BCUT2D eigenvalue weighted by Crippen LogP contribution is -2.44. The molecule has 0 radical (unpaired) electrons. The number of carbonyl (C=O) groups is 1. The Hall–Kier alpha value is -1.65. The molecule has 0 bridgehead atoms. The second-order valence-electron chi connectivity index (χ2n) is 6.39. The van der Waals surface area contributed by atoms with Gasteiger partial charge in [0.25, 0.3) is 5.91 Å². The van der Waals surface area contributed by atoms with Crippen LogP contribution < -0.4 is 5.32 Å². The van der Waals surface area contributed by atoms with Crippen LogP contribution in [0.25, 0.3) is 0 Å². The molecule has 2 heterocycles. The van der Waals surface area contributed by atoms with Gasteiger partial charge in [0.2, 0.25) is 0 Å². The molecule has 1 N–H and O–H groups in total. The number of likely N-dealkylation sites (tertiary alicyclic amines) is 1. The minimum atomic E-state index is 0.0239. The summed E-state index contributed by atoms with van der Waals surface area (Å²) in [5.74, 6) is 0.710. The summed E-state index contributed by atoms with van der Waals surface area (Å²) in [6.45, 7) is 1.74. The van der Waals surface area contributed by atoms with Crippen molar-refractivity contribution in [2.75, 3.05) is 25.5 Å². The molecule has 1 saturated heterocycles. The topological polar surface area (TPSA) is 58.1 Å². The summed E-state index contributed by atoms with van der Waals surface area (Å²) in [5.41, 5.74) is 0.977. The Bertz CT molecular complexity index is 484. The van der Waals surface area contributed by atoms with Crippen molar-refractivity contribution in [1.29, 1.82) is 0 Å². The van der Waals surface area contributed by atoms with Crippen molar-refractivity contribution in [2.24, 2.45) is 5.41 Å². The van der Waals surface area contributed by atoms with Crippen molar-refractivity contribution >= 4 is 11.7 Å². The number of hydrogen-bond acceptors (Lipinski definition) is 4. The van der Waals surface area contributed by atoms with Gasteiger partial charge in [0, 0.05) is 20.1 Å². The summed E-state index contributed by atoms with van der Waals surface area (Å²) >= 11 is 0. The van der Waals surface area contributed by atoms with E-state index in [0.29, 0.717) is 16.9 Å². The third-order valence-electron chi connectivity index (χ3n) is 5.15. The number of amides is 1. The van der Waals surface area contributed by atoms with E-state index in [0.717, 1.165) is 25.9 Å². The summed E-state index contributed by atoms with van der Waals surface area (Å²) in [4.78, 5) is 22.8. The molecule has 1 aromatic rings. The van der Waals surface area contributed by atoms with Gasteiger partial charge in [0.15, 0.2) is 0 Å². The van der Waals surface area contributed by atoms with Gasteiger partial charge < -0.3 is 10.2 Å². The molecule has 1 aliphatic carbocycles. The quantitative estimate of drug-likeness (QED) is 0.909. The number of anilines is 1. The van der Waals surface area contributed by atoms with E-state index in [-0.39, 0.29) is 5.91 Å². The van der Waals surface area contributed by atoms with Gasteiger partial charge in [0.1, 0.15) is 11.5 Å². The summed E-state index contributed by atoms with van der Waals surface area (Å²) in [7, 11) is 1.79. The maximum Gasteiger partial charge on any atom is 0.274 e. The molecule has 0 aromatic carbocycles. The largest absolute Gasteiger partial charge is 0.372 e. The average molecular weight is 288 g/mol. The molecular formula is C16H24N4O. The zero-order valence-corrected chi connectivity index (χ0v) is 12.8. The molecule has 1 spiro atoms. The smallest absolute Gasteiger partial charge is 0.274 e. The highest BCUT2D eigenvalue weighted by Crippen LogP contribution is 2.44. The van der Waals surface area contributed by atoms with Gasteiger partial charge in [-0.15, -0.1) is 0 Å². The van der Waals surface area contributed by atoms with E-state index in [1.807, 2.05) is 4.90 Å². The maximum absolute atomic E-state index is 12.5. The number of hydrogen-bond donors (Lipinski definition) is 1. The molecule has 0 atom stereocenters. The molecule has 1 aromatic heterocycles. The van der Waals surface area contributed by atoms with Crippen LogP contribution in [0.5, 0.6) is 0 Å². The van der Waals surface area contributed by atoms with E-state index in [9.17, 15) is 4.79 Å². The van der Waals surface area contributed by atoms with E-state index in [4.69, 9.17) is 0 Å². The molecule has 1 saturated carbocycles. The molecule has 2 aliphatic rings. The van der Waals surface area contributed by atoms with Crippen molar-refractivity contribution in [1.82, 2.24) is 14.9 Å². The van der Waals surface area contributed by atoms with Crippen LogP contribution in [-0.2, 0) is 0 Å². The van der Waals surface area contributed by atoms with Gasteiger partial charge in [0.05, 0.1) is 12.4 Å². The molecule has 3 rings (SSSR count). The second-order valence-corrected chi connectivity index (χ2v) is 6.39. The molecule has 2 fully saturated rings. The van der Waals surface area contributed by atoms with Crippen LogP contribution in [0.4, 0.5) is 5.82 Å². The van der Waals surface area contributed by atoms with Crippen LogP contribution in [0.1, 0.15) is 55.4 Å². The lowest BCUT2D eigenvalue weighted by Gasteiger charge is -2.44. The minimum absolute atomic E-state index is 0.0239. The normalized spacial score (nSPS) is 21.3. The Morgan fingerprint density at radius 1 is 1.10 bits per heavy atom. The van der Waals surface area contributed by atoms with E-state index in [2.05, 4.69) is 15.3 Å². The molecule has 114 valence electrons. The Morgan fingerprint density at radius 3 is 2.38 bits per heavy atom. The van der Waals surface area contributed by atoms with E-state index < -0.39 is 0 Å². The fraction of sp³-hybridized carbons (Fsp3) is 0.688. The van der Waals surface area contributed by atoms with Crippen molar-refractivity contribution in [3.63, 3.8) is 0 Å². The molecule has 1 amide bonds. The third-order valence-corrected chi connectivity index (χ3v) is 5.15. The fourth-order valence-corrected chi connectivity index (χ4v) is 3.72. The monoisotopic (exact) mass is 288 g/mol. The van der Waals surface area contributed by atoms with Crippen LogP contribution in [-0.4, -0.2) is 40.9 Å². The van der Waals surface area contributed by atoms with Crippen LogP contribution in [0.3, 0.4) is 0 Å². The average Bonchev–Trinajstić information content (AvgIpc) is 2.56. The predicted molar refractivity (Wildman–Crippen MR) is 82.2 cm³/mol. The molecular weight excluding hydrogens is 264 g/mol. The first-order chi connectivity index (χ1) is 10.2. The number of carbonyl (C=O) groups excluding carboxylic acids is 1. The minimum Gasteiger partial charge on any atom is -0.372 e. The van der Waals surface area contributed by atoms with Gasteiger partial charge in [-0.25, -0.2) is 9.97 Å². The summed E-state index contributed by atoms with van der Waals surface area (Å²) < 4.78 is 0. The lowest BCUT2D eigenvalue weighted by atomic mass is 9.68. The number of aromatic nitrogens is 2. The molecule has 5 heteroatoms. The van der Waals surface area contributed by atoms with Crippen molar-refractivity contribution in [3.05, 3.63) is 18.1 Å². The van der Waals surface area contributed by atoms with Crippen molar-refractivity contribution in [3.8, 4) is 0 Å². The maximum atomic E-state index is 12.5. The Balaban J connectivity index is 1.61. The van der Waals surface area contributed by atoms with Crippen molar-refractivity contribution < 1.29 is 4.79 Å². The molecule has 0 unspecified atom stereocenters. The van der Waals surface area contributed by atoms with Gasteiger partial charge >= 0.3 is 0 Å². The fourth-order valence-electron chi connectivity index (χ4n) is 3.72. The van der Waals surface area contributed by atoms with Gasteiger partial charge in [-0.2, -0.15) is 0 Å². The second kappa shape index (κ2) is 6.00. The highest BCUT2D eigenvalue weighted by molar-refractivity contribution is 5.92. The third kappa shape index (κ3) is 3.01. The Morgan fingerprint density at radius 2 is 1.81 bits per heavy atom. The van der Waals surface area contributed by atoms with Crippen molar-refractivity contribution in [2.45, 2.75) is 44.9 Å². The Kier molecular flexibility index (Phi) is 4.08. The lowest BCUT2D eigenvalue weighted by molar-refractivity contribution is 0.0467. The standard InChI is InChI=1S/C16H24N4O/c1-17-14-12-18-13(11-19-14)15(21)20-9-7-16(8-10-20)5-3-2-4-6-16/h11-12H,2-10H2,1H3,(H,17,19). The van der Waals surface area contributed by atoms with Crippen LogP contribution >= 0.6 is 0 Å². The molecule has 1 aliphatic heterocycles. The van der Waals surface area contributed by atoms with E-state index in [1.54, 1.807) is 19.4 Å². The number of piperidine rings is 1. The molecule has 5 nitrogen and oxygen atoms in total.